The summed E-state index contributed by atoms with van der Waals surface area (Å²) >= 11 is 3.97. The molecule has 1 aromatic carbocycles. The molecule has 0 spiro atoms. The topological polar surface area (TPSA) is 12.0 Å². The highest BCUT2D eigenvalue weighted by atomic mass is 127. The standard InChI is InChI=1S/C14H14F2INS/c1-2-18-13(10-7-14(17)19-8-10)6-9-3-4-11(15)12(16)5-9/h3-5,7-8,13,18H,2,6H2,1H3. The number of hydrogen-bond acceptors (Lipinski definition) is 2. The fourth-order valence-electron chi connectivity index (χ4n) is 1.96. The van der Waals surface area contributed by atoms with Gasteiger partial charge in [-0.25, -0.2) is 8.78 Å². The van der Waals surface area contributed by atoms with Gasteiger partial charge in [-0.15, -0.1) is 11.3 Å². The highest BCUT2D eigenvalue weighted by molar-refractivity contribution is 14.1. The van der Waals surface area contributed by atoms with Crippen LogP contribution in [-0.4, -0.2) is 6.54 Å². The number of benzene rings is 1. The summed E-state index contributed by atoms with van der Waals surface area (Å²) in [5.74, 6) is -1.58. The van der Waals surface area contributed by atoms with Gasteiger partial charge >= 0.3 is 0 Å². The minimum absolute atomic E-state index is 0.134. The van der Waals surface area contributed by atoms with Crippen LogP contribution in [0.1, 0.15) is 24.1 Å². The van der Waals surface area contributed by atoms with Gasteiger partial charge in [0.15, 0.2) is 11.6 Å². The predicted molar refractivity (Wildman–Crippen MR) is 83.5 cm³/mol. The van der Waals surface area contributed by atoms with E-state index in [9.17, 15) is 8.78 Å². The van der Waals surface area contributed by atoms with Gasteiger partial charge < -0.3 is 5.32 Å². The van der Waals surface area contributed by atoms with E-state index in [0.29, 0.717) is 6.42 Å². The lowest BCUT2D eigenvalue weighted by Crippen LogP contribution is -2.22. The lowest BCUT2D eigenvalue weighted by molar-refractivity contribution is 0.502. The maximum atomic E-state index is 13.2. The number of hydrogen-bond donors (Lipinski definition) is 1. The van der Waals surface area contributed by atoms with Crippen molar-refractivity contribution in [2.45, 2.75) is 19.4 Å². The molecule has 0 aliphatic heterocycles. The normalized spacial score (nSPS) is 12.6. The molecule has 19 heavy (non-hydrogen) atoms. The van der Waals surface area contributed by atoms with Gasteiger partial charge in [-0.1, -0.05) is 13.0 Å². The number of nitrogens with one attached hydrogen (secondary N) is 1. The Morgan fingerprint density at radius 3 is 2.63 bits per heavy atom. The molecule has 1 nitrogen and oxygen atoms in total. The molecule has 0 aliphatic carbocycles. The van der Waals surface area contributed by atoms with Crippen molar-refractivity contribution in [2.24, 2.45) is 0 Å². The Morgan fingerprint density at radius 1 is 1.26 bits per heavy atom. The zero-order valence-corrected chi connectivity index (χ0v) is 13.4. The molecule has 0 saturated heterocycles. The molecule has 1 N–H and O–H groups in total. The van der Waals surface area contributed by atoms with Crippen molar-refractivity contribution in [3.8, 4) is 0 Å². The first-order valence-corrected chi connectivity index (χ1v) is 7.97. The van der Waals surface area contributed by atoms with Crippen LogP contribution in [0.3, 0.4) is 0 Å². The van der Waals surface area contributed by atoms with Gasteiger partial charge in [0.2, 0.25) is 0 Å². The Balaban J connectivity index is 2.18. The van der Waals surface area contributed by atoms with Crippen molar-refractivity contribution in [3.05, 3.63) is 55.3 Å². The van der Waals surface area contributed by atoms with Gasteiger partial charge in [-0.05, 0) is 70.3 Å². The Morgan fingerprint density at radius 2 is 2.05 bits per heavy atom. The highest BCUT2D eigenvalue weighted by Gasteiger charge is 2.14. The summed E-state index contributed by atoms with van der Waals surface area (Å²) in [5, 5.41) is 5.49. The third-order valence-corrected chi connectivity index (χ3v) is 4.67. The third-order valence-electron chi connectivity index (χ3n) is 2.86. The van der Waals surface area contributed by atoms with Crippen molar-refractivity contribution < 1.29 is 8.78 Å². The average molecular weight is 393 g/mol. The first-order valence-electron chi connectivity index (χ1n) is 6.01. The molecule has 1 heterocycles. The summed E-state index contributed by atoms with van der Waals surface area (Å²) in [6.45, 7) is 2.87. The monoisotopic (exact) mass is 393 g/mol. The van der Waals surface area contributed by atoms with Crippen LogP contribution in [0, 0.1) is 14.5 Å². The first kappa shape index (κ1) is 14.9. The zero-order chi connectivity index (χ0) is 13.8. The van der Waals surface area contributed by atoms with Gasteiger partial charge in [0.25, 0.3) is 0 Å². The van der Waals surface area contributed by atoms with E-state index in [1.54, 1.807) is 17.4 Å². The second-order valence-corrected chi connectivity index (χ2v) is 7.05. The highest BCUT2D eigenvalue weighted by Crippen LogP contribution is 2.25. The van der Waals surface area contributed by atoms with Gasteiger partial charge in [-0.3, -0.25) is 0 Å². The fourth-order valence-corrected chi connectivity index (χ4v) is 3.39. The summed E-state index contributed by atoms with van der Waals surface area (Å²) in [6, 6.07) is 6.36. The van der Waals surface area contributed by atoms with Crippen LogP contribution < -0.4 is 5.32 Å². The van der Waals surface area contributed by atoms with Crippen molar-refractivity contribution in [2.75, 3.05) is 6.54 Å². The molecule has 2 rings (SSSR count). The fraction of sp³-hybridized carbons (Fsp3) is 0.286. The van der Waals surface area contributed by atoms with Crippen LogP contribution in [-0.2, 0) is 6.42 Å². The third kappa shape index (κ3) is 3.97. The van der Waals surface area contributed by atoms with Crippen molar-refractivity contribution in [1.29, 1.82) is 0 Å². The Bertz CT molecular complexity index is 556. The summed E-state index contributed by atoms with van der Waals surface area (Å²) in [7, 11) is 0. The van der Waals surface area contributed by atoms with E-state index in [1.807, 2.05) is 6.92 Å². The number of rotatable bonds is 5. The summed E-state index contributed by atoms with van der Waals surface area (Å²) in [4.78, 5) is 0. The molecule has 102 valence electrons. The van der Waals surface area contributed by atoms with Crippen molar-refractivity contribution >= 4 is 33.9 Å². The van der Waals surface area contributed by atoms with Crippen LogP contribution in [0.15, 0.2) is 29.6 Å². The molecule has 0 saturated carbocycles. The van der Waals surface area contributed by atoms with Crippen LogP contribution in [0.5, 0.6) is 0 Å². The van der Waals surface area contributed by atoms with Gasteiger partial charge in [0.1, 0.15) is 0 Å². The van der Waals surface area contributed by atoms with Gasteiger partial charge in [0, 0.05) is 6.04 Å². The zero-order valence-electron chi connectivity index (χ0n) is 10.4. The molecule has 5 heteroatoms. The summed E-state index contributed by atoms with van der Waals surface area (Å²) in [5.41, 5.74) is 1.99. The van der Waals surface area contributed by atoms with Gasteiger partial charge in [-0.2, -0.15) is 0 Å². The summed E-state index contributed by atoms with van der Waals surface area (Å²) < 4.78 is 27.4. The maximum absolute atomic E-state index is 13.2. The SMILES string of the molecule is CCNC(Cc1ccc(F)c(F)c1)c1csc(I)c1. The number of likely N-dealkylation sites (N-methyl/N-ethyl adjacent to an activating group) is 1. The molecule has 0 fully saturated rings. The molecule has 0 radical (unpaired) electrons. The molecule has 0 amide bonds. The minimum atomic E-state index is -0.797. The van der Waals surface area contributed by atoms with Crippen molar-refractivity contribution in [3.63, 3.8) is 0 Å². The molecule has 0 bridgehead atoms. The average Bonchev–Trinajstić information content (AvgIpc) is 2.80. The number of thiophene rings is 1. The molecule has 0 aliphatic rings. The molecule has 1 atom stereocenters. The summed E-state index contributed by atoms with van der Waals surface area (Å²) in [6.07, 6.45) is 0.651. The molecule has 1 unspecified atom stereocenters. The van der Waals surface area contributed by atoms with E-state index in [2.05, 4.69) is 39.4 Å². The predicted octanol–water partition coefficient (Wildman–Crippen LogP) is 4.52. The van der Waals surface area contributed by atoms with E-state index < -0.39 is 11.6 Å². The molecule has 1 aromatic heterocycles. The van der Waals surface area contributed by atoms with E-state index in [-0.39, 0.29) is 6.04 Å². The van der Waals surface area contributed by atoms with E-state index in [1.165, 1.54) is 20.6 Å². The second-order valence-electron chi connectivity index (χ2n) is 4.25. The molecular formula is C14H14F2INS. The van der Waals surface area contributed by atoms with E-state index in [0.717, 1.165) is 12.1 Å². The molecular weight excluding hydrogens is 379 g/mol. The Kier molecular flexibility index (Phi) is 5.29. The van der Waals surface area contributed by atoms with Crippen LogP contribution in [0.4, 0.5) is 8.78 Å². The molecule has 2 aromatic rings. The smallest absolute Gasteiger partial charge is 0.159 e. The Hall–Kier alpha value is -0.530. The van der Waals surface area contributed by atoms with Crippen molar-refractivity contribution in [1.82, 2.24) is 5.32 Å². The quantitative estimate of drug-likeness (QED) is 0.737. The Labute approximate surface area is 129 Å². The van der Waals surface area contributed by atoms with Crippen LogP contribution >= 0.6 is 33.9 Å². The largest absolute Gasteiger partial charge is 0.310 e. The van der Waals surface area contributed by atoms with E-state index >= 15 is 0 Å². The lowest BCUT2D eigenvalue weighted by atomic mass is 10.0. The number of halogens is 3. The van der Waals surface area contributed by atoms with Crippen LogP contribution in [0.2, 0.25) is 0 Å². The van der Waals surface area contributed by atoms with Gasteiger partial charge in [0.05, 0.1) is 2.88 Å². The van der Waals surface area contributed by atoms with E-state index in [4.69, 9.17) is 0 Å². The minimum Gasteiger partial charge on any atom is -0.310 e. The first-order chi connectivity index (χ1) is 9.10. The van der Waals surface area contributed by atoms with Crippen LogP contribution in [0.25, 0.3) is 0 Å². The lowest BCUT2D eigenvalue weighted by Gasteiger charge is -2.17. The second kappa shape index (κ2) is 6.76. The maximum Gasteiger partial charge on any atom is 0.159 e.